The Labute approximate surface area is 88.0 Å². The van der Waals surface area contributed by atoms with Gasteiger partial charge in [-0.25, -0.2) is 5.01 Å². The molecular weight excluding hydrogens is 196 g/mol. The number of hydrazine groups is 1. The number of hydrogen-bond donors (Lipinski definition) is 0. The summed E-state index contributed by atoms with van der Waals surface area (Å²) in [5.74, 6) is -0.109. The molecule has 2 saturated heterocycles. The first-order valence-corrected chi connectivity index (χ1v) is 5.31. The summed E-state index contributed by atoms with van der Waals surface area (Å²) in [5.41, 5.74) is 0. The van der Waals surface area contributed by atoms with E-state index in [0.717, 1.165) is 12.8 Å². The van der Waals surface area contributed by atoms with E-state index in [1.54, 1.807) is 0 Å². The summed E-state index contributed by atoms with van der Waals surface area (Å²) in [6, 6.07) is 0. The molecule has 0 aromatic heterocycles. The van der Waals surface area contributed by atoms with Crippen molar-refractivity contribution in [2.45, 2.75) is 32.1 Å². The van der Waals surface area contributed by atoms with Crippen LogP contribution in [-0.4, -0.2) is 40.7 Å². The van der Waals surface area contributed by atoms with Gasteiger partial charge in [0.1, 0.15) is 6.54 Å². The predicted molar refractivity (Wildman–Crippen MR) is 51.5 cm³/mol. The first-order chi connectivity index (χ1) is 7.18. The molecule has 2 aliphatic rings. The van der Waals surface area contributed by atoms with E-state index >= 15 is 0 Å². The minimum absolute atomic E-state index is 0.0352. The number of Topliss-reactive ketones (excluding diaryl/α,β-unsaturated/α-hetero) is 1. The normalized spacial score (nSPS) is 23.6. The lowest BCUT2D eigenvalue weighted by molar-refractivity contribution is -0.170. The molecule has 0 aliphatic carbocycles. The van der Waals surface area contributed by atoms with Crippen molar-refractivity contribution < 1.29 is 14.4 Å². The third-order valence-electron chi connectivity index (χ3n) is 2.82. The van der Waals surface area contributed by atoms with Crippen LogP contribution in [0.4, 0.5) is 0 Å². The van der Waals surface area contributed by atoms with Crippen molar-refractivity contribution in [2.24, 2.45) is 0 Å². The Balaban J connectivity index is 2.09. The largest absolute Gasteiger partial charge is 0.298 e. The zero-order valence-corrected chi connectivity index (χ0v) is 8.57. The maximum atomic E-state index is 11.6. The van der Waals surface area contributed by atoms with Gasteiger partial charge < -0.3 is 0 Å². The molecule has 0 radical (unpaired) electrons. The minimum atomic E-state index is -0.107. The van der Waals surface area contributed by atoms with E-state index in [4.69, 9.17) is 0 Å². The second-order valence-electron chi connectivity index (χ2n) is 3.96. The quantitative estimate of drug-likeness (QED) is 0.617. The standard InChI is InChI=1S/C10H14N2O3/c13-8-4-5-10(15)12(7-8)11-6-2-1-3-9(11)14/h1-7H2. The van der Waals surface area contributed by atoms with Crippen molar-refractivity contribution in [1.29, 1.82) is 0 Å². The molecule has 0 aromatic rings. The molecule has 2 amide bonds. The Hall–Kier alpha value is -1.39. The van der Waals surface area contributed by atoms with Gasteiger partial charge in [0.2, 0.25) is 11.8 Å². The number of carbonyl (C=O) groups is 3. The van der Waals surface area contributed by atoms with Gasteiger partial charge in [-0.1, -0.05) is 0 Å². The van der Waals surface area contributed by atoms with Crippen LogP contribution in [0.2, 0.25) is 0 Å². The number of ketones is 1. The van der Waals surface area contributed by atoms with Crippen LogP contribution in [-0.2, 0) is 14.4 Å². The van der Waals surface area contributed by atoms with Crippen LogP contribution >= 0.6 is 0 Å². The van der Waals surface area contributed by atoms with Crippen LogP contribution in [0.5, 0.6) is 0 Å². The third kappa shape index (κ3) is 2.00. The first-order valence-electron chi connectivity index (χ1n) is 5.31. The molecule has 0 saturated carbocycles. The molecular formula is C10H14N2O3. The zero-order chi connectivity index (χ0) is 10.8. The van der Waals surface area contributed by atoms with Crippen LogP contribution in [0.25, 0.3) is 0 Å². The molecule has 2 fully saturated rings. The molecule has 2 rings (SSSR count). The molecule has 0 spiro atoms. The van der Waals surface area contributed by atoms with Crippen molar-refractivity contribution in [1.82, 2.24) is 10.0 Å². The van der Waals surface area contributed by atoms with Gasteiger partial charge in [0.25, 0.3) is 0 Å². The van der Waals surface area contributed by atoms with E-state index in [1.807, 2.05) is 0 Å². The molecule has 0 N–H and O–H groups in total. The van der Waals surface area contributed by atoms with Crippen molar-refractivity contribution in [3.63, 3.8) is 0 Å². The molecule has 2 heterocycles. The van der Waals surface area contributed by atoms with Gasteiger partial charge in [-0.3, -0.25) is 19.4 Å². The number of nitrogens with zero attached hydrogens (tertiary/aromatic N) is 2. The van der Waals surface area contributed by atoms with E-state index in [-0.39, 0.29) is 30.6 Å². The maximum Gasteiger partial charge on any atom is 0.242 e. The Bertz CT molecular complexity index is 314. The molecule has 82 valence electrons. The van der Waals surface area contributed by atoms with Gasteiger partial charge in [0.15, 0.2) is 5.78 Å². The molecule has 5 heteroatoms. The Morgan fingerprint density at radius 3 is 2.27 bits per heavy atom. The van der Waals surface area contributed by atoms with Crippen LogP contribution in [0.15, 0.2) is 0 Å². The van der Waals surface area contributed by atoms with Crippen LogP contribution < -0.4 is 0 Å². The second-order valence-corrected chi connectivity index (χ2v) is 3.96. The Kier molecular flexibility index (Phi) is 2.70. The summed E-state index contributed by atoms with van der Waals surface area (Å²) >= 11 is 0. The van der Waals surface area contributed by atoms with Crippen LogP contribution in [0.3, 0.4) is 0 Å². The van der Waals surface area contributed by atoms with E-state index in [2.05, 4.69) is 0 Å². The fourth-order valence-electron chi connectivity index (χ4n) is 1.98. The SMILES string of the molecule is O=C1CCC(=O)N(N2CCCCC2=O)C1. The molecule has 5 nitrogen and oxygen atoms in total. The summed E-state index contributed by atoms with van der Waals surface area (Å²) in [5, 5.41) is 2.77. The molecule has 0 aromatic carbocycles. The fraction of sp³-hybridized carbons (Fsp3) is 0.700. The molecule has 0 unspecified atom stereocenters. The highest BCUT2D eigenvalue weighted by Gasteiger charge is 2.32. The third-order valence-corrected chi connectivity index (χ3v) is 2.82. The lowest BCUT2D eigenvalue weighted by Crippen LogP contribution is -2.55. The summed E-state index contributed by atoms with van der Waals surface area (Å²) < 4.78 is 0. The summed E-state index contributed by atoms with van der Waals surface area (Å²) in [6.45, 7) is 0.641. The monoisotopic (exact) mass is 210 g/mol. The van der Waals surface area contributed by atoms with Gasteiger partial charge in [-0.05, 0) is 12.8 Å². The van der Waals surface area contributed by atoms with E-state index in [0.29, 0.717) is 19.4 Å². The molecule has 2 aliphatic heterocycles. The van der Waals surface area contributed by atoms with Gasteiger partial charge in [-0.15, -0.1) is 0 Å². The predicted octanol–water partition coefficient (Wildman–Crippen LogP) is 0.105. The second kappa shape index (κ2) is 4.00. The van der Waals surface area contributed by atoms with Crippen molar-refractivity contribution in [3.05, 3.63) is 0 Å². The fourth-order valence-corrected chi connectivity index (χ4v) is 1.98. The lowest BCUT2D eigenvalue weighted by atomic mass is 10.1. The van der Waals surface area contributed by atoms with Crippen molar-refractivity contribution >= 4 is 17.6 Å². The molecule has 15 heavy (non-hydrogen) atoms. The van der Waals surface area contributed by atoms with Gasteiger partial charge in [0.05, 0.1) is 0 Å². The average molecular weight is 210 g/mol. The van der Waals surface area contributed by atoms with Crippen LogP contribution in [0.1, 0.15) is 32.1 Å². The summed E-state index contributed by atoms with van der Waals surface area (Å²) in [7, 11) is 0. The lowest BCUT2D eigenvalue weighted by Gasteiger charge is -2.38. The van der Waals surface area contributed by atoms with Crippen molar-refractivity contribution in [2.75, 3.05) is 13.1 Å². The highest BCUT2D eigenvalue weighted by atomic mass is 16.2. The Morgan fingerprint density at radius 2 is 1.53 bits per heavy atom. The number of hydrogen-bond acceptors (Lipinski definition) is 3. The number of rotatable bonds is 1. The smallest absolute Gasteiger partial charge is 0.242 e. The zero-order valence-electron chi connectivity index (χ0n) is 8.57. The molecule has 0 atom stereocenters. The van der Waals surface area contributed by atoms with Gasteiger partial charge in [0, 0.05) is 25.8 Å². The summed E-state index contributed by atoms with van der Waals surface area (Å²) in [6.07, 6.45) is 2.83. The van der Waals surface area contributed by atoms with Crippen molar-refractivity contribution in [3.8, 4) is 0 Å². The Morgan fingerprint density at radius 1 is 0.800 bits per heavy atom. The van der Waals surface area contributed by atoms with E-state index in [9.17, 15) is 14.4 Å². The molecule has 0 bridgehead atoms. The van der Waals surface area contributed by atoms with E-state index in [1.165, 1.54) is 10.0 Å². The highest BCUT2D eigenvalue weighted by Crippen LogP contribution is 2.17. The maximum absolute atomic E-state index is 11.6. The van der Waals surface area contributed by atoms with E-state index < -0.39 is 0 Å². The highest BCUT2D eigenvalue weighted by molar-refractivity contribution is 5.94. The average Bonchev–Trinajstić information content (AvgIpc) is 2.23. The number of piperidine rings is 2. The topological polar surface area (TPSA) is 57.7 Å². The number of carbonyl (C=O) groups excluding carboxylic acids is 3. The first kappa shape index (κ1) is 10.1. The van der Waals surface area contributed by atoms with Crippen LogP contribution in [0, 0.1) is 0 Å². The van der Waals surface area contributed by atoms with Gasteiger partial charge >= 0.3 is 0 Å². The summed E-state index contributed by atoms with van der Waals surface area (Å²) in [4.78, 5) is 34.4. The number of amides is 2. The minimum Gasteiger partial charge on any atom is -0.298 e. The van der Waals surface area contributed by atoms with Gasteiger partial charge in [-0.2, -0.15) is 0 Å².